The number of carbonyl (C=O) groups is 2. The number of carbonyl (C=O) groups excluding carboxylic acids is 2. The molecule has 1 fully saturated rings. The molecule has 1 aliphatic heterocycles. The predicted octanol–water partition coefficient (Wildman–Crippen LogP) is -0.240. The Morgan fingerprint density at radius 3 is 2.80 bits per heavy atom. The van der Waals surface area contributed by atoms with Crippen LogP contribution in [-0.2, 0) is 14.3 Å². The molecule has 0 radical (unpaired) electrons. The Morgan fingerprint density at radius 1 is 1.53 bits per heavy atom. The summed E-state index contributed by atoms with van der Waals surface area (Å²) < 4.78 is 4.77. The van der Waals surface area contributed by atoms with Gasteiger partial charge in [0.25, 0.3) is 0 Å². The molecular weight excluding hydrogens is 196 g/mol. The molecule has 0 aliphatic carbocycles. The van der Waals surface area contributed by atoms with Gasteiger partial charge in [0.15, 0.2) is 0 Å². The average Bonchev–Trinajstić information content (AvgIpc) is 2.69. The molecule has 15 heavy (non-hydrogen) atoms. The maximum Gasteiger partial charge on any atom is 0.325 e. The third-order valence-electron chi connectivity index (χ3n) is 2.41. The van der Waals surface area contributed by atoms with Crippen molar-refractivity contribution >= 4 is 11.9 Å². The third-order valence-corrected chi connectivity index (χ3v) is 2.41. The zero-order chi connectivity index (χ0) is 11.3. The van der Waals surface area contributed by atoms with Crippen molar-refractivity contribution in [2.45, 2.75) is 25.8 Å². The molecule has 1 rings (SSSR count). The Kier molecular flexibility index (Phi) is 4.55. The van der Waals surface area contributed by atoms with Crippen molar-refractivity contribution in [3.8, 4) is 0 Å². The molecule has 5 heteroatoms. The molecule has 0 aromatic carbocycles. The predicted molar refractivity (Wildman–Crippen MR) is 55.3 cm³/mol. The van der Waals surface area contributed by atoms with Crippen LogP contribution in [0.15, 0.2) is 0 Å². The van der Waals surface area contributed by atoms with Gasteiger partial charge in [0.1, 0.15) is 6.54 Å². The monoisotopic (exact) mass is 214 g/mol. The molecule has 1 heterocycles. The van der Waals surface area contributed by atoms with Crippen LogP contribution in [0.5, 0.6) is 0 Å². The van der Waals surface area contributed by atoms with Crippen molar-refractivity contribution in [2.75, 3.05) is 26.7 Å². The minimum Gasteiger partial charge on any atom is -0.465 e. The average molecular weight is 214 g/mol. The first-order valence-corrected chi connectivity index (χ1v) is 5.29. The number of nitrogens with one attached hydrogen (secondary N) is 1. The summed E-state index contributed by atoms with van der Waals surface area (Å²) in [5, 5.41) is 3.10. The standard InChI is InChI=1S/C10H18N2O3/c1-3-15-9(13)7-12(2)10(14)8-5-4-6-11-8/h8,11H,3-7H2,1-2H3. The first kappa shape index (κ1) is 12.0. The quantitative estimate of drug-likeness (QED) is 0.656. The number of ether oxygens (including phenoxy) is 1. The lowest BCUT2D eigenvalue weighted by Crippen LogP contribution is -2.43. The zero-order valence-corrected chi connectivity index (χ0v) is 9.28. The number of rotatable bonds is 4. The smallest absolute Gasteiger partial charge is 0.325 e. The zero-order valence-electron chi connectivity index (χ0n) is 9.28. The SMILES string of the molecule is CCOC(=O)CN(C)C(=O)C1CCCN1. The highest BCUT2D eigenvalue weighted by Crippen LogP contribution is 2.07. The topological polar surface area (TPSA) is 58.6 Å². The van der Waals surface area contributed by atoms with Crippen molar-refractivity contribution in [1.29, 1.82) is 0 Å². The molecule has 0 spiro atoms. The maximum atomic E-state index is 11.7. The summed E-state index contributed by atoms with van der Waals surface area (Å²) in [4.78, 5) is 24.3. The van der Waals surface area contributed by atoms with Gasteiger partial charge in [-0.25, -0.2) is 0 Å². The van der Waals surface area contributed by atoms with Crippen LogP contribution in [0.4, 0.5) is 0 Å². The highest BCUT2D eigenvalue weighted by atomic mass is 16.5. The largest absolute Gasteiger partial charge is 0.465 e. The van der Waals surface area contributed by atoms with E-state index >= 15 is 0 Å². The highest BCUT2D eigenvalue weighted by Gasteiger charge is 2.25. The van der Waals surface area contributed by atoms with Crippen LogP contribution in [0.2, 0.25) is 0 Å². The number of hydrogen-bond donors (Lipinski definition) is 1. The third kappa shape index (κ3) is 3.51. The molecule has 1 atom stereocenters. The molecule has 5 nitrogen and oxygen atoms in total. The maximum absolute atomic E-state index is 11.7. The molecule has 0 aromatic heterocycles. The van der Waals surface area contributed by atoms with Gasteiger partial charge < -0.3 is 15.0 Å². The van der Waals surface area contributed by atoms with Crippen molar-refractivity contribution in [2.24, 2.45) is 0 Å². The molecule has 1 saturated heterocycles. The Bertz CT molecular complexity index is 237. The molecule has 86 valence electrons. The number of nitrogens with zero attached hydrogens (tertiary/aromatic N) is 1. The number of amides is 1. The van der Waals surface area contributed by atoms with Crippen LogP contribution in [0.3, 0.4) is 0 Å². The van der Waals surface area contributed by atoms with E-state index in [4.69, 9.17) is 4.74 Å². The minimum atomic E-state index is -0.355. The fourth-order valence-corrected chi connectivity index (χ4v) is 1.64. The number of likely N-dealkylation sites (N-methyl/N-ethyl adjacent to an activating group) is 1. The van der Waals surface area contributed by atoms with E-state index < -0.39 is 0 Å². The minimum absolute atomic E-state index is 0.0273. The van der Waals surface area contributed by atoms with Crippen molar-refractivity contribution in [1.82, 2.24) is 10.2 Å². The normalized spacial score (nSPS) is 20.0. The Hall–Kier alpha value is -1.10. The van der Waals surface area contributed by atoms with Crippen molar-refractivity contribution < 1.29 is 14.3 Å². The van der Waals surface area contributed by atoms with E-state index in [-0.39, 0.29) is 24.5 Å². The highest BCUT2D eigenvalue weighted by molar-refractivity contribution is 5.85. The molecule has 1 aliphatic rings. The van der Waals surface area contributed by atoms with E-state index in [0.29, 0.717) is 6.61 Å². The van der Waals surface area contributed by atoms with E-state index in [0.717, 1.165) is 19.4 Å². The second-order valence-corrected chi connectivity index (χ2v) is 3.65. The van der Waals surface area contributed by atoms with Crippen LogP contribution in [0.1, 0.15) is 19.8 Å². The number of hydrogen-bond acceptors (Lipinski definition) is 4. The van der Waals surface area contributed by atoms with Gasteiger partial charge >= 0.3 is 5.97 Å². The first-order chi connectivity index (χ1) is 7.15. The van der Waals surface area contributed by atoms with Crippen molar-refractivity contribution in [3.05, 3.63) is 0 Å². The van der Waals surface area contributed by atoms with E-state index in [1.54, 1.807) is 14.0 Å². The molecule has 1 amide bonds. The fourth-order valence-electron chi connectivity index (χ4n) is 1.64. The lowest BCUT2D eigenvalue weighted by atomic mass is 10.2. The number of esters is 1. The molecule has 1 unspecified atom stereocenters. The molecule has 0 saturated carbocycles. The summed E-state index contributed by atoms with van der Waals surface area (Å²) in [5.41, 5.74) is 0. The van der Waals surface area contributed by atoms with Gasteiger partial charge in [-0.1, -0.05) is 0 Å². The summed E-state index contributed by atoms with van der Waals surface area (Å²) in [6.07, 6.45) is 1.87. The van der Waals surface area contributed by atoms with Gasteiger partial charge in [0.2, 0.25) is 5.91 Å². The Balaban J connectivity index is 2.35. The summed E-state index contributed by atoms with van der Waals surface area (Å²) in [7, 11) is 1.62. The van der Waals surface area contributed by atoms with E-state index in [1.165, 1.54) is 4.90 Å². The molecule has 1 N–H and O–H groups in total. The van der Waals surface area contributed by atoms with Gasteiger partial charge in [-0.05, 0) is 26.3 Å². The van der Waals surface area contributed by atoms with Crippen LogP contribution in [-0.4, -0.2) is 49.6 Å². The van der Waals surface area contributed by atoms with Crippen LogP contribution >= 0.6 is 0 Å². The van der Waals surface area contributed by atoms with Crippen LogP contribution < -0.4 is 5.32 Å². The molecule has 0 bridgehead atoms. The van der Waals surface area contributed by atoms with E-state index in [1.807, 2.05) is 0 Å². The summed E-state index contributed by atoms with van der Waals surface area (Å²) in [6, 6.07) is -0.121. The molecular formula is C10H18N2O3. The summed E-state index contributed by atoms with van der Waals surface area (Å²) in [6.45, 7) is 3.01. The first-order valence-electron chi connectivity index (χ1n) is 5.29. The lowest BCUT2D eigenvalue weighted by Gasteiger charge is -2.19. The summed E-state index contributed by atoms with van der Waals surface area (Å²) >= 11 is 0. The molecule has 0 aromatic rings. The van der Waals surface area contributed by atoms with E-state index in [9.17, 15) is 9.59 Å². The van der Waals surface area contributed by atoms with Gasteiger partial charge in [-0.3, -0.25) is 9.59 Å². The Morgan fingerprint density at radius 2 is 2.27 bits per heavy atom. The van der Waals surface area contributed by atoms with Crippen LogP contribution in [0.25, 0.3) is 0 Å². The summed E-state index contributed by atoms with van der Waals surface area (Å²) in [5.74, 6) is -0.382. The van der Waals surface area contributed by atoms with Gasteiger partial charge in [-0.2, -0.15) is 0 Å². The lowest BCUT2D eigenvalue weighted by molar-refractivity contribution is -0.148. The van der Waals surface area contributed by atoms with Crippen LogP contribution in [0, 0.1) is 0 Å². The fraction of sp³-hybridized carbons (Fsp3) is 0.800. The second kappa shape index (κ2) is 5.70. The Labute approximate surface area is 89.8 Å². The second-order valence-electron chi connectivity index (χ2n) is 3.65. The van der Waals surface area contributed by atoms with Gasteiger partial charge in [0.05, 0.1) is 12.6 Å². The van der Waals surface area contributed by atoms with E-state index in [2.05, 4.69) is 5.32 Å². The van der Waals surface area contributed by atoms with Gasteiger partial charge in [-0.15, -0.1) is 0 Å². The van der Waals surface area contributed by atoms with Gasteiger partial charge in [0, 0.05) is 7.05 Å². The van der Waals surface area contributed by atoms with Crippen molar-refractivity contribution in [3.63, 3.8) is 0 Å².